The molecule has 0 aromatic carbocycles. The van der Waals surface area contributed by atoms with E-state index in [1.807, 2.05) is 6.92 Å². The van der Waals surface area contributed by atoms with Gasteiger partial charge in [-0.1, -0.05) is 20.8 Å². The molecule has 0 spiro atoms. The van der Waals surface area contributed by atoms with Gasteiger partial charge in [0.15, 0.2) is 6.61 Å². The number of halogens is 3. The van der Waals surface area contributed by atoms with Crippen LogP contribution in [0.1, 0.15) is 78.6 Å². The zero-order chi connectivity index (χ0) is 29.8. The van der Waals surface area contributed by atoms with E-state index in [4.69, 9.17) is 4.74 Å². The lowest BCUT2D eigenvalue weighted by molar-refractivity contribution is -0.207. The van der Waals surface area contributed by atoms with Gasteiger partial charge in [0.25, 0.3) is 5.91 Å². The Morgan fingerprint density at radius 2 is 1.73 bits per heavy atom. The molecular formula is C27H42F3NO8S. The first-order chi connectivity index (χ1) is 18.4. The van der Waals surface area contributed by atoms with Gasteiger partial charge in [0, 0.05) is 6.42 Å². The minimum absolute atomic E-state index is 0.0259. The lowest BCUT2D eigenvalue weighted by Crippen LogP contribution is -2.62. The van der Waals surface area contributed by atoms with Crippen molar-refractivity contribution in [2.75, 3.05) is 6.61 Å². The van der Waals surface area contributed by atoms with Crippen LogP contribution in [0.4, 0.5) is 13.2 Å². The van der Waals surface area contributed by atoms with Crippen LogP contribution in [0, 0.1) is 46.3 Å². The number of esters is 1. The van der Waals surface area contributed by atoms with Gasteiger partial charge in [0.1, 0.15) is 0 Å². The maximum absolute atomic E-state index is 12.4. The normalized spacial score (nSPS) is 42.2. The Labute approximate surface area is 233 Å². The maximum Gasteiger partial charge on any atom is 0.516 e. The van der Waals surface area contributed by atoms with Crippen molar-refractivity contribution in [1.29, 1.82) is 0 Å². The number of nitrogens with one attached hydrogen (secondary N) is 1. The van der Waals surface area contributed by atoms with Crippen LogP contribution >= 0.6 is 0 Å². The molecule has 1 amide bonds. The molecule has 4 N–H and O–H groups in total. The highest BCUT2D eigenvalue weighted by Gasteiger charge is 2.65. The molecule has 4 fully saturated rings. The summed E-state index contributed by atoms with van der Waals surface area (Å²) in [6.07, 6.45) is 4.02. The summed E-state index contributed by atoms with van der Waals surface area (Å²) in [4.78, 5) is 23.7. The third kappa shape index (κ3) is 5.51. The summed E-state index contributed by atoms with van der Waals surface area (Å²) in [7, 11) is -5.87. The molecule has 0 radical (unpaired) electrons. The van der Waals surface area contributed by atoms with Crippen LogP contribution in [0.15, 0.2) is 0 Å². The Morgan fingerprint density at radius 3 is 2.38 bits per heavy atom. The standard InChI is InChI=1S/C27H42F3NO8S/c1-14(4-7-23(36)39-13-22(35)31-40(37,38)27(28,29)30)17-5-6-18-24-19(12-21(34)26(17,18)3)25(2)9-8-16(32)10-15(25)11-20(24)33/h14-21,24,32-34H,4-13H2,1-3H3,(H,31,35)/t14-,15+,16?,17-,18+,19+,20?,21?,24+,25+,26-/m1/s1. The van der Waals surface area contributed by atoms with Gasteiger partial charge in [-0.15, -0.1) is 0 Å². The van der Waals surface area contributed by atoms with Crippen molar-refractivity contribution in [2.24, 2.45) is 46.3 Å². The molecule has 4 saturated carbocycles. The van der Waals surface area contributed by atoms with Gasteiger partial charge in [-0.05, 0) is 97.7 Å². The van der Waals surface area contributed by atoms with E-state index in [0.717, 1.165) is 30.4 Å². The van der Waals surface area contributed by atoms with Gasteiger partial charge in [-0.3, -0.25) is 9.59 Å². The summed E-state index contributed by atoms with van der Waals surface area (Å²) in [6, 6.07) is 0. The number of carbonyl (C=O) groups is 2. The molecule has 0 aliphatic heterocycles. The van der Waals surface area contributed by atoms with E-state index in [1.165, 1.54) is 0 Å². The van der Waals surface area contributed by atoms with Crippen molar-refractivity contribution < 1.29 is 51.2 Å². The van der Waals surface area contributed by atoms with Crippen LogP contribution in [0.3, 0.4) is 0 Å². The summed E-state index contributed by atoms with van der Waals surface area (Å²) >= 11 is 0. The maximum atomic E-state index is 12.4. The summed E-state index contributed by atoms with van der Waals surface area (Å²) in [5.74, 6) is -1.84. The van der Waals surface area contributed by atoms with E-state index in [-0.39, 0.29) is 53.4 Å². The molecule has 0 bridgehead atoms. The Kier molecular flexibility index (Phi) is 8.66. The summed E-state index contributed by atoms with van der Waals surface area (Å²) in [6.45, 7) is 5.18. The van der Waals surface area contributed by atoms with Gasteiger partial charge in [0.05, 0.1) is 18.3 Å². The fourth-order valence-electron chi connectivity index (χ4n) is 9.13. The topological polar surface area (TPSA) is 150 Å². The summed E-state index contributed by atoms with van der Waals surface area (Å²) in [5, 5.41) is 33.2. The van der Waals surface area contributed by atoms with Crippen molar-refractivity contribution in [3.63, 3.8) is 0 Å². The van der Waals surface area contributed by atoms with Crippen LogP contribution < -0.4 is 4.72 Å². The number of rotatable bonds is 7. The monoisotopic (exact) mass is 597 g/mol. The van der Waals surface area contributed by atoms with Crippen LogP contribution in [0.2, 0.25) is 0 Å². The molecule has 4 rings (SSSR count). The third-order valence-electron chi connectivity index (χ3n) is 11.2. The van der Waals surface area contributed by atoms with Gasteiger partial charge in [0.2, 0.25) is 0 Å². The van der Waals surface area contributed by atoms with E-state index >= 15 is 0 Å². The van der Waals surface area contributed by atoms with E-state index < -0.39 is 51.6 Å². The second kappa shape index (κ2) is 11.0. The lowest BCUT2D eigenvalue weighted by Gasteiger charge is -2.63. The Bertz CT molecular complexity index is 1090. The fourth-order valence-corrected chi connectivity index (χ4v) is 9.61. The Hall–Kier alpha value is -1.44. The molecule has 4 aliphatic carbocycles. The first kappa shape index (κ1) is 31.5. The highest BCUT2D eigenvalue weighted by atomic mass is 32.2. The molecular weight excluding hydrogens is 555 g/mol. The van der Waals surface area contributed by atoms with Gasteiger partial charge < -0.3 is 20.1 Å². The van der Waals surface area contributed by atoms with Crippen LogP contribution in [-0.4, -0.2) is 66.0 Å². The Balaban J connectivity index is 1.36. The quantitative estimate of drug-likeness (QED) is 0.327. The fraction of sp³-hybridized carbons (Fsp3) is 0.926. The molecule has 0 heterocycles. The first-order valence-corrected chi connectivity index (χ1v) is 15.7. The molecule has 0 aromatic heterocycles. The number of hydrogen-bond acceptors (Lipinski definition) is 8. The molecule has 4 aliphatic rings. The number of ether oxygens (including phenoxy) is 1. The second-order valence-electron chi connectivity index (χ2n) is 13.2. The highest BCUT2D eigenvalue weighted by molar-refractivity contribution is 7.90. The minimum atomic E-state index is -5.87. The van der Waals surface area contributed by atoms with E-state index in [1.54, 1.807) is 0 Å². The van der Waals surface area contributed by atoms with Crippen molar-refractivity contribution in [2.45, 2.75) is 102 Å². The number of aliphatic hydroxyl groups excluding tert-OH is 3. The molecule has 13 heteroatoms. The highest BCUT2D eigenvalue weighted by Crippen LogP contribution is 2.68. The van der Waals surface area contributed by atoms with Crippen LogP contribution in [-0.2, 0) is 24.3 Å². The molecule has 11 atom stereocenters. The average molecular weight is 598 g/mol. The molecule has 3 unspecified atom stereocenters. The lowest BCUT2D eigenvalue weighted by atomic mass is 9.43. The van der Waals surface area contributed by atoms with Crippen molar-refractivity contribution >= 4 is 21.9 Å². The van der Waals surface area contributed by atoms with Crippen molar-refractivity contribution in [1.82, 2.24) is 4.72 Å². The number of amides is 1. The van der Waals surface area contributed by atoms with Crippen molar-refractivity contribution in [3.05, 3.63) is 0 Å². The predicted octanol–water partition coefficient (Wildman–Crippen LogP) is 2.87. The predicted molar refractivity (Wildman–Crippen MR) is 136 cm³/mol. The SMILES string of the molecule is C[C@H](CCC(=O)OCC(=O)NS(=O)(=O)C(F)(F)F)[C@H]1CC[C@H]2[C@@H]3C(O)C[C@@H]4CC(O)CC[C@]4(C)[C@H]3CC(O)[C@]12C. The molecule has 0 aromatic rings. The van der Waals surface area contributed by atoms with Crippen LogP contribution in [0.5, 0.6) is 0 Å². The molecule has 230 valence electrons. The molecule has 9 nitrogen and oxygen atoms in total. The first-order valence-electron chi connectivity index (χ1n) is 14.2. The number of fused-ring (bicyclic) bond motifs is 5. The Morgan fingerprint density at radius 1 is 1.05 bits per heavy atom. The number of sulfonamides is 1. The smallest absolute Gasteiger partial charge is 0.456 e. The molecule has 40 heavy (non-hydrogen) atoms. The number of aliphatic hydroxyl groups is 3. The summed E-state index contributed by atoms with van der Waals surface area (Å²) < 4.78 is 64.7. The van der Waals surface area contributed by atoms with Gasteiger partial charge in [-0.2, -0.15) is 21.6 Å². The zero-order valence-corrected chi connectivity index (χ0v) is 24.0. The molecule has 0 saturated heterocycles. The number of hydrogen-bond donors (Lipinski definition) is 4. The largest absolute Gasteiger partial charge is 0.516 e. The minimum Gasteiger partial charge on any atom is -0.456 e. The van der Waals surface area contributed by atoms with Crippen molar-refractivity contribution in [3.8, 4) is 0 Å². The third-order valence-corrected chi connectivity index (χ3v) is 12.3. The van der Waals surface area contributed by atoms with E-state index in [9.17, 15) is 46.5 Å². The number of carbonyl (C=O) groups excluding carboxylic acids is 2. The van der Waals surface area contributed by atoms with E-state index in [2.05, 4.69) is 13.8 Å². The summed E-state index contributed by atoms with van der Waals surface area (Å²) in [5.41, 5.74) is -6.16. The zero-order valence-electron chi connectivity index (χ0n) is 23.2. The van der Waals surface area contributed by atoms with Crippen LogP contribution in [0.25, 0.3) is 0 Å². The van der Waals surface area contributed by atoms with E-state index in [0.29, 0.717) is 25.7 Å². The average Bonchev–Trinajstić information content (AvgIpc) is 3.20. The second-order valence-corrected chi connectivity index (χ2v) is 14.9. The van der Waals surface area contributed by atoms with Gasteiger partial charge >= 0.3 is 21.5 Å². The number of alkyl halides is 3. The van der Waals surface area contributed by atoms with Gasteiger partial charge in [-0.25, -0.2) is 4.72 Å².